The maximum absolute atomic E-state index is 14.6. The van der Waals surface area contributed by atoms with Gasteiger partial charge < -0.3 is 24.3 Å². The number of allylic oxidation sites excluding steroid dienone is 1. The van der Waals surface area contributed by atoms with Gasteiger partial charge in [-0.25, -0.2) is 0 Å². The Morgan fingerprint density at radius 1 is 0.800 bits per heavy atom. The molecule has 6 rings (SSSR count). The van der Waals surface area contributed by atoms with Gasteiger partial charge in [-0.2, -0.15) is 0 Å². The van der Waals surface area contributed by atoms with E-state index in [1.54, 1.807) is 48.4 Å². The van der Waals surface area contributed by atoms with Crippen LogP contribution in [0.5, 0.6) is 23.0 Å². The number of carbonyl (C=O) groups excluding carboxylic acids is 2. The number of methoxy groups -OCH3 is 4. The molecule has 1 aliphatic carbocycles. The smallest absolute Gasteiger partial charge is 0.259 e. The van der Waals surface area contributed by atoms with Crippen LogP contribution in [-0.2, 0) is 4.79 Å². The molecule has 1 N–H and O–H groups in total. The number of hydrogen-bond donors (Lipinski definition) is 1. The Labute approximate surface area is 267 Å². The Kier molecular flexibility index (Phi) is 8.41. The fourth-order valence-electron chi connectivity index (χ4n) is 6.23. The molecule has 0 saturated carbocycles. The molecule has 4 aromatic carbocycles. The van der Waals surface area contributed by atoms with Gasteiger partial charge in [0.15, 0.2) is 17.3 Å². The molecule has 1 heterocycles. The monoisotopic (exact) mass is 624 g/mol. The Bertz CT molecular complexity index is 1760. The van der Waals surface area contributed by atoms with E-state index in [0.717, 1.165) is 17.0 Å². The number of para-hydroxylation sites is 2. The highest BCUT2D eigenvalue weighted by molar-refractivity contribution is 6.30. The molecule has 1 amide bonds. The van der Waals surface area contributed by atoms with Crippen molar-refractivity contribution in [3.05, 3.63) is 118 Å². The third-order valence-electron chi connectivity index (χ3n) is 8.39. The number of fused-ring (bicyclic) bond motifs is 1. The van der Waals surface area contributed by atoms with Crippen LogP contribution in [0.25, 0.3) is 0 Å². The van der Waals surface area contributed by atoms with Crippen molar-refractivity contribution in [1.82, 2.24) is 0 Å². The van der Waals surface area contributed by atoms with E-state index < -0.39 is 6.04 Å². The molecule has 230 valence electrons. The lowest BCUT2D eigenvalue weighted by Crippen LogP contribution is -2.38. The maximum atomic E-state index is 14.6. The number of rotatable bonds is 7. The molecule has 0 spiro atoms. The molecule has 4 aromatic rings. The Hall–Kier alpha value is -4.95. The fraction of sp³-hybridized carbons (Fsp3) is 0.222. The summed E-state index contributed by atoms with van der Waals surface area (Å²) in [6.07, 6.45) is 0.832. The van der Waals surface area contributed by atoms with Gasteiger partial charge in [0.1, 0.15) is 5.75 Å². The molecule has 0 bridgehead atoms. The Morgan fingerprint density at radius 2 is 1.47 bits per heavy atom. The van der Waals surface area contributed by atoms with E-state index in [0.29, 0.717) is 56.8 Å². The molecule has 2 atom stereocenters. The predicted molar refractivity (Wildman–Crippen MR) is 174 cm³/mol. The van der Waals surface area contributed by atoms with Crippen LogP contribution < -0.4 is 29.2 Å². The summed E-state index contributed by atoms with van der Waals surface area (Å²) in [6, 6.07) is 24.9. The minimum atomic E-state index is -0.822. The van der Waals surface area contributed by atoms with Crippen molar-refractivity contribution >= 4 is 34.7 Å². The summed E-state index contributed by atoms with van der Waals surface area (Å²) in [5, 5.41) is 4.09. The number of nitrogens with zero attached hydrogens (tertiary/aromatic N) is 1. The number of Topliss-reactive ketones (excluding diaryl/α,β-unsaturated/α-hetero) is 1. The maximum Gasteiger partial charge on any atom is 0.259 e. The first-order chi connectivity index (χ1) is 21.9. The summed E-state index contributed by atoms with van der Waals surface area (Å²) in [5.41, 5.74) is 4.69. The van der Waals surface area contributed by atoms with E-state index in [2.05, 4.69) is 5.32 Å². The second-order valence-electron chi connectivity index (χ2n) is 10.9. The second kappa shape index (κ2) is 12.6. The van der Waals surface area contributed by atoms with Crippen molar-refractivity contribution in [3.8, 4) is 23.0 Å². The van der Waals surface area contributed by atoms with Crippen LogP contribution in [-0.4, -0.2) is 40.1 Å². The van der Waals surface area contributed by atoms with Crippen molar-refractivity contribution in [1.29, 1.82) is 0 Å². The van der Waals surface area contributed by atoms with Gasteiger partial charge in [0, 0.05) is 28.3 Å². The minimum absolute atomic E-state index is 0.0648. The quantitative estimate of drug-likeness (QED) is 0.227. The van der Waals surface area contributed by atoms with Crippen LogP contribution in [0, 0.1) is 0 Å². The molecule has 0 radical (unpaired) electrons. The summed E-state index contributed by atoms with van der Waals surface area (Å²) in [5.74, 6) is 1.57. The van der Waals surface area contributed by atoms with E-state index in [4.69, 9.17) is 30.5 Å². The first kappa shape index (κ1) is 30.1. The molecule has 9 heteroatoms. The van der Waals surface area contributed by atoms with Crippen molar-refractivity contribution in [2.24, 2.45) is 0 Å². The first-order valence-electron chi connectivity index (χ1n) is 14.5. The van der Waals surface area contributed by atoms with Crippen LogP contribution in [0.2, 0.25) is 5.02 Å². The van der Waals surface area contributed by atoms with Gasteiger partial charge in [0.05, 0.1) is 45.9 Å². The van der Waals surface area contributed by atoms with Crippen molar-refractivity contribution < 1.29 is 28.5 Å². The number of ether oxygens (including phenoxy) is 4. The van der Waals surface area contributed by atoms with E-state index >= 15 is 0 Å². The molecule has 0 unspecified atom stereocenters. The number of nitrogens with one attached hydrogen (secondary N) is 1. The number of amides is 1. The van der Waals surface area contributed by atoms with Gasteiger partial charge in [-0.15, -0.1) is 0 Å². The molecular weight excluding hydrogens is 592 g/mol. The van der Waals surface area contributed by atoms with E-state index in [9.17, 15) is 9.59 Å². The summed E-state index contributed by atoms with van der Waals surface area (Å²) in [7, 11) is 6.24. The summed E-state index contributed by atoms with van der Waals surface area (Å²) in [6.45, 7) is 0. The summed E-state index contributed by atoms with van der Waals surface area (Å²) < 4.78 is 22.4. The third-order valence-corrected chi connectivity index (χ3v) is 8.64. The lowest BCUT2D eigenvalue weighted by molar-refractivity contribution is -0.116. The zero-order valence-electron chi connectivity index (χ0n) is 25.4. The molecule has 0 saturated heterocycles. The average Bonchev–Trinajstić information content (AvgIpc) is 3.22. The lowest BCUT2D eigenvalue weighted by atomic mass is 9.78. The number of anilines is 2. The molecule has 2 aliphatic rings. The Balaban J connectivity index is 1.59. The summed E-state index contributed by atoms with van der Waals surface area (Å²) >= 11 is 6.19. The van der Waals surface area contributed by atoms with Gasteiger partial charge in [-0.05, 0) is 84.1 Å². The van der Waals surface area contributed by atoms with Gasteiger partial charge in [0.25, 0.3) is 5.91 Å². The molecule has 45 heavy (non-hydrogen) atoms. The predicted octanol–water partition coefficient (Wildman–Crippen LogP) is 7.59. The molecule has 8 nitrogen and oxygen atoms in total. The van der Waals surface area contributed by atoms with Crippen molar-refractivity contribution in [2.75, 3.05) is 38.7 Å². The van der Waals surface area contributed by atoms with E-state index in [1.165, 1.54) is 21.3 Å². The average molecular weight is 625 g/mol. The van der Waals surface area contributed by atoms with Crippen molar-refractivity contribution in [3.63, 3.8) is 0 Å². The van der Waals surface area contributed by atoms with Gasteiger partial charge in [-0.1, -0.05) is 35.9 Å². The normalized spacial score (nSPS) is 17.4. The summed E-state index contributed by atoms with van der Waals surface area (Å²) in [4.78, 5) is 30.7. The number of halogens is 1. The molecule has 1 aliphatic heterocycles. The highest BCUT2D eigenvalue weighted by atomic mass is 35.5. The zero-order chi connectivity index (χ0) is 31.7. The minimum Gasteiger partial charge on any atom is -0.497 e. The van der Waals surface area contributed by atoms with E-state index in [-0.39, 0.29) is 24.0 Å². The molecule has 0 aromatic heterocycles. The lowest BCUT2D eigenvalue weighted by Gasteiger charge is -2.35. The van der Waals surface area contributed by atoms with Crippen LogP contribution in [0.1, 0.15) is 46.3 Å². The van der Waals surface area contributed by atoms with Crippen molar-refractivity contribution in [2.45, 2.75) is 24.8 Å². The van der Waals surface area contributed by atoms with Gasteiger partial charge >= 0.3 is 0 Å². The highest BCUT2D eigenvalue weighted by Gasteiger charge is 2.42. The topological polar surface area (TPSA) is 86.3 Å². The largest absolute Gasteiger partial charge is 0.497 e. The number of benzene rings is 4. The number of carbonyl (C=O) groups is 2. The number of ketones is 1. The van der Waals surface area contributed by atoms with E-state index in [1.807, 2.05) is 48.5 Å². The molecule has 0 fully saturated rings. The van der Waals surface area contributed by atoms with Crippen LogP contribution in [0.15, 0.2) is 96.2 Å². The van der Waals surface area contributed by atoms with Gasteiger partial charge in [-0.3, -0.25) is 14.5 Å². The standard InChI is InChI=1S/C36H33ClN2O6/c1-42-26-15-11-21(12-16-26)23-17-28-33(30(40)18-23)34(24-19-31(43-2)35(45-4)32(20-24)44-3)39(29-8-6-5-7-27(29)38-28)36(41)22-9-13-25(37)14-10-22/h5-16,19-20,23,34,38H,17-18H2,1-4H3/t23-,34+/m0/s1. The number of hydrogen-bond acceptors (Lipinski definition) is 7. The first-order valence-corrected chi connectivity index (χ1v) is 14.9. The third kappa shape index (κ3) is 5.58. The Morgan fingerprint density at radius 3 is 2.09 bits per heavy atom. The second-order valence-corrected chi connectivity index (χ2v) is 11.3. The van der Waals surface area contributed by atoms with Crippen LogP contribution in [0.4, 0.5) is 11.4 Å². The van der Waals surface area contributed by atoms with Gasteiger partial charge in [0.2, 0.25) is 5.75 Å². The van der Waals surface area contributed by atoms with Crippen LogP contribution >= 0.6 is 11.6 Å². The zero-order valence-corrected chi connectivity index (χ0v) is 26.2. The molecular formula is C36H33ClN2O6. The van der Waals surface area contributed by atoms with Crippen LogP contribution in [0.3, 0.4) is 0 Å². The fourth-order valence-corrected chi connectivity index (χ4v) is 6.36. The highest BCUT2D eigenvalue weighted by Crippen LogP contribution is 2.50. The SMILES string of the molecule is COc1ccc([C@@H]2CC(=O)C3=C(C2)Nc2ccccc2N(C(=O)c2ccc(Cl)cc2)[C@@H]3c2cc(OC)c(OC)c(OC)c2)cc1.